The summed E-state index contributed by atoms with van der Waals surface area (Å²) in [6.07, 6.45) is 0.908. The first-order valence-corrected chi connectivity index (χ1v) is 7.54. The molecule has 0 aromatic heterocycles. The second-order valence-electron chi connectivity index (χ2n) is 6.99. The van der Waals surface area contributed by atoms with Crippen LogP contribution < -0.4 is 0 Å². The fourth-order valence-corrected chi connectivity index (χ4v) is 3.30. The highest BCUT2D eigenvalue weighted by Crippen LogP contribution is 2.34. The minimum atomic E-state index is -0.448. The molecule has 2 heterocycles. The van der Waals surface area contributed by atoms with Gasteiger partial charge in [0.15, 0.2) is 0 Å². The number of amides is 2. The van der Waals surface area contributed by atoms with Gasteiger partial charge in [-0.2, -0.15) is 0 Å². The van der Waals surface area contributed by atoms with Gasteiger partial charge in [-0.1, -0.05) is 45.0 Å². The Kier molecular flexibility index (Phi) is 3.27. The maximum atomic E-state index is 12.5. The van der Waals surface area contributed by atoms with E-state index < -0.39 is 5.41 Å². The van der Waals surface area contributed by atoms with Gasteiger partial charge < -0.3 is 9.80 Å². The zero-order chi connectivity index (χ0) is 15.2. The molecule has 4 heteroatoms. The molecule has 2 aliphatic heterocycles. The molecule has 4 nitrogen and oxygen atoms in total. The minimum Gasteiger partial charge on any atom is -0.332 e. The molecule has 0 unspecified atom stereocenters. The summed E-state index contributed by atoms with van der Waals surface area (Å²) in [7, 11) is 0. The van der Waals surface area contributed by atoms with E-state index in [2.05, 4.69) is 12.1 Å². The van der Waals surface area contributed by atoms with Crippen LogP contribution in [0.15, 0.2) is 24.3 Å². The standard InChI is InChI=1S/C17H22N2O2/c1-17(2,3)16(21)18-10-14-13-7-5-4-6-12(13)8-9-19(14)15(20)11-18/h4-7,14H,8-11H2,1-3H3/t14-/m1/s1. The zero-order valence-corrected chi connectivity index (χ0v) is 12.9. The van der Waals surface area contributed by atoms with E-state index in [1.54, 1.807) is 4.90 Å². The van der Waals surface area contributed by atoms with Gasteiger partial charge in [0, 0.05) is 18.5 Å². The summed E-state index contributed by atoms with van der Waals surface area (Å²) in [6.45, 7) is 7.30. The predicted octanol–water partition coefficient (Wildman–Crippen LogP) is 2.00. The van der Waals surface area contributed by atoms with Gasteiger partial charge in [-0.25, -0.2) is 0 Å². The van der Waals surface area contributed by atoms with E-state index >= 15 is 0 Å². The molecule has 21 heavy (non-hydrogen) atoms. The zero-order valence-electron chi connectivity index (χ0n) is 12.9. The normalized spacial score (nSPS) is 21.9. The van der Waals surface area contributed by atoms with Crippen molar-refractivity contribution in [3.63, 3.8) is 0 Å². The Bertz CT molecular complexity index is 589. The maximum absolute atomic E-state index is 12.5. The topological polar surface area (TPSA) is 40.6 Å². The van der Waals surface area contributed by atoms with Crippen LogP contribution in [0, 0.1) is 5.41 Å². The van der Waals surface area contributed by atoms with E-state index in [0.717, 1.165) is 13.0 Å². The number of hydrogen-bond acceptors (Lipinski definition) is 2. The lowest BCUT2D eigenvalue weighted by molar-refractivity contribution is -0.153. The van der Waals surface area contributed by atoms with Crippen molar-refractivity contribution in [1.29, 1.82) is 0 Å². The van der Waals surface area contributed by atoms with Crippen molar-refractivity contribution in [2.45, 2.75) is 33.2 Å². The van der Waals surface area contributed by atoms with Gasteiger partial charge in [0.2, 0.25) is 11.8 Å². The SMILES string of the molecule is CC(C)(C)C(=O)N1CC(=O)N2CCc3ccccc3[C@H]2C1. The van der Waals surface area contributed by atoms with Gasteiger partial charge >= 0.3 is 0 Å². The molecule has 112 valence electrons. The highest BCUT2D eigenvalue weighted by molar-refractivity contribution is 5.89. The smallest absolute Gasteiger partial charge is 0.242 e. The third kappa shape index (κ3) is 2.43. The Balaban J connectivity index is 1.92. The van der Waals surface area contributed by atoms with E-state index in [1.807, 2.05) is 37.8 Å². The monoisotopic (exact) mass is 286 g/mol. The molecule has 1 fully saturated rings. The molecule has 1 saturated heterocycles. The maximum Gasteiger partial charge on any atom is 0.242 e. The van der Waals surface area contributed by atoms with Crippen LogP contribution >= 0.6 is 0 Å². The summed E-state index contributed by atoms with van der Waals surface area (Å²) in [5.74, 6) is 0.122. The summed E-state index contributed by atoms with van der Waals surface area (Å²) in [4.78, 5) is 28.6. The Morgan fingerprint density at radius 3 is 2.67 bits per heavy atom. The van der Waals surface area contributed by atoms with Crippen molar-refractivity contribution in [2.24, 2.45) is 5.41 Å². The van der Waals surface area contributed by atoms with Gasteiger partial charge in [-0.3, -0.25) is 9.59 Å². The van der Waals surface area contributed by atoms with Crippen LogP contribution in [0.4, 0.5) is 0 Å². The van der Waals surface area contributed by atoms with Crippen LogP contribution in [0.2, 0.25) is 0 Å². The molecule has 0 N–H and O–H groups in total. The van der Waals surface area contributed by atoms with Crippen LogP contribution in [0.25, 0.3) is 0 Å². The second-order valence-corrected chi connectivity index (χ2v) is 6.99. The number of carbonyl (C=O) groups excluding carboxylic acids is 2. The van der Waals surface area contributed by atoms with Gasteiger partial charge in [0.1, 0.15) is 0 Å². The number of hydrogen-bond donors (Lipinski definition) is 0. The van der Waals surface area contributed by atoms with E-state index in [0.29, 0.717) is 6.54 Å². The lowest BCUT2D eigenvalue weighted by Crippen LogP contribution is -2.57. The van der Waals surface area contributed by atoms with Crippen molar-refractivity contribution in [3.05, 3.63) is 35.4 Å². The molecule has 0 aliphatic carbocycles. The molecular formula is C17H22N2O2. The molecule has 1 atom stereocenters. The Hall–Kier alpha value is -1.84. The van der Waals surface area contributed by atoms with Crippen LogP contribution in [0.1, 0.15) is 37.9 Å². The van der Waals surface area contributed by atoms with E-state index in [9.17, 15) is 9.59 Å². The van der Waals surface area contributed by atoms with Gasteiger partial charge in [0.25, 0.3) is 0 Å². The predicted molar refractivity (Wildman–Crippen MR) is 80.6 cm³/mol. The molecular weight excluding hydrogens is 264 g/mol. The summed E-state index contributed by atoms with van der Waals surface area (Å²) in [5.41, 5.74) is 2.05. The number of fused-ring (bicyclic) bond motifs is 3. The summed E-state index contributed by atoms with van der Waals surface area (Å²) in [5, 5.41) is 0. The van der Waals surface area contributed by atoms with Crippen molar-refractivity contribution < 1.29 is 9.59 Å². The lowest BCUT2D eigenvalue weighted by atomic mass is 9.89. The molecule has 0 radical (unpaired) electrons. The average molecular weight is 286 g/mol. The fourth-order valence-electron chi connectivity index (χ4n) is 3.30. The average Bonchev–Trinajstić information content (AvgIpc) is 2.45. The van der Waals surface area contributed by atoms with E-state index in [4.69, 9.17) is 0 Å². The Morgan fingerprint density at radius 2 is 1.95 bits per heavy atom. The number of piperazine rings is 1. The molecule has 3 rings (SSSR count). The molecule has 0 bridgehead atoms. The molecule has 0 saturated carbocycles. The van der Waals surface area contributed by atoms with Gasteiger partial charge in [-0.05, 0) is 17.5 Å². The van der Waals surface area contributed by atoms with Crippen LogP contribution in [-0.4, -0.2) is 41.2 Å². The van der Waals surface area contributed by atoms with Gasteiger partial charge in [0.05, 0.1) is 12.6 Å². The van der Waals surface area contributed by atoms with Crippen molar-refractivity contribution in [3.8, 4) is 0 Å². The quantitative estimate of drug-likeness (QED) is 0.732. The summed E-state index contributed by atoms with van der Waals surface area (Å²) < 4.78 is 0. The van der Waals surface area contributed by atoms with Crippen molar-refractivity contribution in [1.82, 2.24) is 9.80 Å². The molecule has 2 aliphatic rings. The first-order valence-electron chi connectivity index (χ1n) is 7.54. The second kappa shape index (κ2) is 4.86. The minimum absolute atomic E-state index is 0.0162. The third-order valence-electron chi connectivity index (χ3n) is 4.38. The highest BCUT2D eigenvalue weighted by atomic mass is 16.2. The Labute approximate surface area is 125 Å². The number of rotatable bonds is 0. The van der Waals surface area contributed by atoms with Crippen LogP contribution in [0.5, 0.6) is 0 Å². The lowest BCUT2D eigenvalue weighted by Gasteiger charge is -2.45. The Morgan fingerprint density at radius 1 is 1.24 bits per heavy atom. The number of nitrogens with zero attached hydrogens (tertiary/aromatic N) is 2. The van der Waals surface area contributed by atoms with Gasteiger partial charge in [-0.15, -0.1) is 0 Å². The largest absolute Gasteiger partial charge is 0.332 e. The van der Waals surface area contributed by atoms with Crippen LogP contribution in [0.3, 0.4) is 0 Å². The number of carbonyl (C=O) groups is 2. The third-order valence-corrected chi connectivity index (χ3v) is 4.38. The highest BCUT2D eigenvalue weighted by Gasteiger charge is 2.40. The molecule has 1 aromatic rings. The van der Waals surface area contributed by atoms with E-state index in [1.165, 1.54) is 11.1 Å². The fraction of sp³-hybridized carbons (Fsp3) is 0.529. The molecule has 2 amide bonds. The first-order chi connectivity index (χ1) is 9.88. The molecule has 1 aromatic carbocycles. The molecule has 0 spiro atoms. The van der Waals surface area contributed by atoms with Crippen molar-refractivity contribution >= 4 is 11.8 Å². The van der Waals surface area contributed by atoms with Crippen LogP contribution in [-0.2, 0) is 16.0 Å². The number of benzene rings is 1. The summed E-state index contributed by atoms with van der Waals surface area (Å²) >= 11 is 0. The van der Waals surface area contributed by atoms with Crippen molar-refractivity contribution in [2.75, 3.05) is 19.6 Å². The van der Waals surface area contributed by atoms with E-state index in [-0.39, 0.29) is 24.4 Å². The summed E-state index contributed by atoms with van der Waals surface area (Å²) in [6, 6.07) is 8.28. The first kappa shape index (κ1) is 14.1.